The molecule has 3 rings (SSSR count). The molecule has 2 aromatic carbocycles. The first-order chi connectivity index (χ1) is 17.0. The third-order valence-corrected chi connectivity index (χ3v) is 5.46. The molecule has 0 saturated carbocycles. The predicted octanol–water partition coefficient (Wildman–Crippen LogP) is 4.76. The maximum Gasteiger partial charge on any atom is 0.338 e. The Balaban J connectivity index is 1.68. The number of anilines is 2. The van der Waals surface area contributed by atoms with Gasteiger partial charge in [0.1, 0.15) is 12.4 Å². The molecule has 0 aliphatic carbocycles. The summed E-state index contributed by atoms with van der Waals surface area (Å²) in [5.74, 6) is -0.258. The topological polar surface area (TPSA) is 106 Å². The highest BCUT2D eigenvalue weighted by molar-refractivity contribution is 5.97. The summed E-state index contributed by atoms with van der Waals surface area (Å²) in [4.78, 5) is 38.5. The number of aromatic nitrogens is 2. The number of amides is 3. The molecule has 0 aliphatic heterocycles. The Kier molecular flexibility index (Phi) is 8.14. The van der Waals surface area contributed by atoms with Gasteiger partial charge in [-0.2, -0.15) is 5.10 Å². The molecule has 0 aliphatic rings. The van der Waals surface area contributed by atoms with Crippen molar-refractivity contribution in [2.75, 3.05) is 30.8 Å². The number of carbonyl (C=O) groups excluding carboxylic acids is 3. The normalized spacial score (nSPS) is 11.1. The van der Waals surface area contributed by atoms with Crippen LogP contribution < -0.4 is 10.6 Å². The van der Waals surface area contributed by atoms with Gasteiger partial charge in [0.15, 0.2) is 0 Å². The molecular formula is C27H33N5O4. The highest BCUT2D eigenvalue weighted by Gasteiger charge is 2.23. The monoisotopic (exact) mass is 491 g/mol. The third kappa shape index (κ3) is 6.50. The van der Waals surface area contributed by atoms with Gasteiger partial charge >= 0.3 is 12.0 Å². The molecule has 36 heavy (non-hydrogen) atoms. The SMILES string of the molecule is CCOC(=O)c1ccc(NC(=O)N(C)CC(=O)Nc2cc(C(C)(C)C)nn2-c2ccccc2C)cc1. The van der Waals surface area contributed by atoms with Crippen molar-refractivity contribution in [2.24, 2.45) is 0 Å². The molecule has 0 unspecified atom stereocenters. The van der Waals surface area contributed by atoms with Gasteiger partial charge < -0.3 is 20.3 Å². The summed E-state index contributed by atoms with van der Waals surface area (Å²) in [5.41, 5.74) is 3.38. The second kappa shape index (κ2) is 11.1. The maximum atomic E-state index is 12.9. The Morgan fingerprint density at radius 2 is 1.69 bits per heavy atom. The maximum absolute atomic E-state index is 12.9. The van der Waals surface area contributed by atoms with Gasteiger partial charge in [-0.3, -0.25) is 4.79 Å². The summed E-state index contributed by atoms with van der Waals surface area (Å²) < 4.78 is 6.68. The van der Waals surface area contributed by atoms with Crippen LogP contribution in [0.25, 0.3) is 5.69 Å². The quantitative estimate of drug-likeness (QED) is 0.464. The largest absolute Gasteiger partial charge is 0.462 e. The Bertz CT molecular complexity index is 1240. The van der Waals surface area contributed by atoms with E-state index in [2.05, 4.69) is 31.4 Å². The number of carbonyl (C=O) groups is 3. The molecule has 9 heteroatoms. The average molecular weight is 492 g/mol. The van der Waals surface area contributed by atoms with Gasteiger partial charge in [0.25, 0.3) is 0 Å². The number of nitrogens with zero attached hydrogens (tertiary/aromatic N) is 3. The predicted molar refractivity (Wildman–Crippen MR) is 140 cm³/mol. The number of likely N-dealkylation sites (N-methyl/N-ethyl adjacent to an activating group) is 1. The van der Waals surface area contributed by atoms with Crippen LogP contribution in [0.3, 0.4) is 0 Å². The van der Waals surface area contributed by atoms with Crippen LogP contribution in [-0.4, -0.2) is 52.8 Å². The minimum Gasteiger partial charge on any atom is -0.462 e. The standard InChI is InChI=1S/C27H33N5O4/c1-7-36-25(34)19-12-14-20(15-13-19)28-26(35)31(6)17-24(33)29-23-16-22(27(3,4)5)30-32(23)21-11-9-8-10-18(21)2/h8-16H,7,17H2,1-6H3,(H,28,35)(H,29,33). The van der Waals surface area contributed by atoms with Crippen molar-refractivity contribution in [3.63, 3.8) is 0 Å². The molecule has 0 bridgehead atoms. The number of aryl methyl sites for hydroxylation is 1. The lowest BCUT2D eigenvalue weighted by atomic mass is 9.92. The van der Waals surface area contributed by atoms with Crippen LogP contribution >= 0.6 is 0 Å². The summed E-state index contributed by atoms with van der Waals surface area (Å²) in [6.45, 7) is 10.0. The van der Waals surface area contributed by atoms with Crippen LogP contribution in [-0.2, 0) is 14.9 Å². The molecule has 0 spiro atoms. The smallest absolute Gasteiger partial charge is 0.338 e. The van der Waals surface area contributed by atoms with Crippen LogP contribution in [0.1, 0.15) is 49.3 Å². The summed E-state index contributed by atoms with van der Waals surface area (Å²) in [5, 5.41) is 10.4. The molecule has 2 N–H and O–H groups in total. The Morgan fingerprint density at radius 1 is 1.03 bits per heavy atom. The Hall–Kier alpha value is -4.14. The van der Waals surface area contributed by atoms with Gasteiger partial charge in [0, 0.05) is 24.2 Å². The molecule has 0 fully saturated rings. The summed E-state index contributed by atoms with van der Waals surface area (Å²) in [6.07, 6.45) is 0. The third-order valence-electron chi connectivity index (χ3n) is 5.46. The van der Waals surface area contributed by atoms with E-state index in [-0.39, 0.29) is 24.5 Å². The van der Waals surface area contributed by atoms with E-state index in [0.29, 0.717) is 17.1 Å². The number of benzene rings is 2. The highest BCUT2D eigenvalue weighted by Crippen LogP contribution is 2.27. The van der Waals surface area contributed by atoms with Crippen molar-refractivity contribution in [1.82, 2.24) is 14.7 Å². The molecule has 3 amide bonds. The molecule has 0 saturated heterocycles. The zero-order chi connectivity index (χ0) is 26.5. The van der Waals surface area contributed by atoms with Crippen LogP contribution in [0.2, 0.25) is 0 Å². The zero-order valence-electron chi connectivity index (χ0n) is 21.6. The average Bonchev–Trinajstić information content (AvgIpc) is 3.23. The van der Waals surface area contributed by atoms with Crippen molar-refractivity contribution < 1.29 is 19.1 Å². The van der Waals surface area contributed by atoms with E-state index in [4.69, 9.17) is 9.84 Å². The first kappa shape index (κ1) is 26.5. The molecular weight excluding hydrogens is 458 g/mol. The van der Waals surface area contributed by atoms with Crippen molar-refractivity contribution in [1.29, 1.82) is 0 Å². The number of nitrogens with one attached hydrogen (secondary N) is 2. The van der Waals surface area contributed by atoms with E-state index < -0.39 is 12.0 Å². The van der Waals surface area contributed by atoms with Gasteiger partial charge in [-0.05, 0) is 49.7 Å². The molecule has 3 aromatic rings. The molecule has 1 heterocycles. The van der Waals surface area contributed by atoms with E-state index in [1.54, 1.807) is 35.9 Å². The van der Waals surface area contributed by atoms with E-state index in [0.717, 1.165) is 16.9 Å². The second-order valence-electron chi connectivity index (χ2n) is 9.50. The fourth-order valence-corrected chi connectivity index (χ4v) is 3.41. The van der Waals surface area contributed by atoms with E-state index in [9.17, 15) is 14.4 Å². The number of esters is 1. The minimum absolute atomic E-state index is 0.170. The van der Waals surface area contributed by atoms with Crippen LogP contribution in [0.5, 0.6) is 0 Å². The number of para-hydroxylation sites is 1. The fourth-order valence-electron chi connectivity index (χ4n) is 3.41. The first-order valence-corrected chi connectivity index (χ1v) is 11.7. The van der Waals surface area contributed by atoms with Gasteiger partial charge in [0.2, 0.25) is 5.91 Å². The number of ether oxygens (including phenoxy) is 1. The molecule has 1 aromatic heterocycles. The fraction of sp³-hybridized carbons (Fsp3) is 0.333. The Morgan fingerprint density at radius 3 is 2.31 bits per heavy atom. The van der Waals surface area contributed by atoms with Gasteiger partial charge in [-0.15, -0.1) is 0 Å². The zero-order valence-corrected chi connectivity index (χ0v) is 21.6. The van der Waals surface area contributed by atoms with E-state index >= 15 is 0 Å². The second-order valence-corrected chi connectivity index (χ2v) is 9.50. The summed E-state index contributed by atoms with van der Waals surface area (Å²) in [6, 6.07) is 15.5. The number of rotatable bonds is 7. The summed E-state index contributed by atoms with van der Waals surface area (Å²) in [7, 11) is 1.53. The highest BCUT2D eigenvalue weighted by atomic mass is 16.5. The molecule has 0 radical (unpaired) electrons. The van der Waals surface area contributed by atoms with Crippen molar-refractivity contribution in [3.8, 4) is 5.69 Å². The van der Waals surface area contributed by atoms with Gasteiger partial charge in [0.05, 0.1) is 23.6 Å². The van der Waals surface area contributed by atoms with Crippen LogP contribution in [0, 0.1) is 6.92 Å². The number of hydrogen-bond acceptors (Lipinski definition) is 5. The van der Waals surface area contributed by atoms with E-state index in [1.165, 1.54) is 11.9 Å². The Labute approximate surface area is 211 Å². The first-order valence-electron chi connectivity index (χ1n) is 11.7. The minimum atomic E-state index is -0.461. The number of urea groups is 1. The summed E-state index contributed by atoms with van der Waals surface area (Å²) >= 11 is 0. The molecule has 9 nitrogen and oxygen atoms in total. The van der Waals surface area contributed by atoms with Crippen molar-refractivity contribution >= 4 is 29.4 Å². The van der Waals surface area contributed by atoms with Crippen LogP contribution in [0.15, 0.2) is 54.6 Å². The van der Waals surface area contributed by atoms with Crippen molar-refractivity contribution in [2.45, 2.75) is 40.0 Å². The van der Waals surface area contributed by atoms with E-state index in [1.807, 2.05) is 37.3 Å². The lowest BCUT2D eigenvalue weighted by molar-refractivity contribution is -0.116. The van der Waals surface area contributed by atoms with Crippen molar-refractivity contribution in [3.05, 3.63) is 71.4 Å². The molecule has 190 valence electrons. The van der Waals surface area contributed by atoms with Gasteiger partial charge in [-0.25, -0.2) is 14.3 Å². The molecule has 0 atom stereocenters. The van der Waals surface area contributed by atoms with Gasteiger partial charge in [-0.1, -0.05) is 39.0 Å². The lowest BCUT2D eigenvalue weighted by Gasteiger charge is -2.18. The van der Waals surface area contributed by atoms with Crippen LogP contribution in [0.4, 0.5) is 16.3 Å². The lowest BCUT2D eigenvalue weighted by Crippen LogP contribution is -2.37. The number of hydrogen-bond donors (Lipinski definition) is 2.